The Kier molecular flexibility index (Phi) is 6.99. The van der Waals surface area contributed by atoms with Crippen molar-refractivity contribution >= 4 is 11.8 Å². The summed E-state index contributed by atoms with van der Waals surface area (Å²) >= 11 is 0. The Labute approximate surface area is 161 Å². The maximum atomic E-state index is 12.5. The summed E-state index contributed by atoms with van der Waals surface area (Å²) in [5.41, 5.74) is 1.38. The molecule has 5 nitrogen and oxygen atoms in total. The van der Waals surface area contributed by atoms with E-state index in [9.17, 15) is 9.59 Å². The largest absolute Gasteiger partial charge is 0.494 e. The van der Waals surface area contributed by atoms with Gasteiger partial charge in [0.25, 0.3) is 0 Å². The van der Waals surface area contributed by atoms with E-state index in [-0.39, 0.29) is 24.4 Å². The van der Waals surface area contributed by atoms with Gasteiger partial charge in [-0.1, -0.05) is 63.2 Å². The summed E-state index contributed by atoms with van der Waals surface area (Å²) < 4.78 is 5.49. The highest BCUT2D eigenvalue weighted by Gasteiger charge is 2.22. The van der Waals surface area contributed by atoms with Gasteiger partial charge in [0, 0.05) is 5.41 Å². The predicted molar refractivity (Wildman–Crippen MR) is 107 cm³/mol. The molecule has 2 aromatic rings. The van der Waals surface area contributed by atoms with Crippen molar-refractivity contribution in [1.82, 2.24) is 10.6 Å². The van der Waals surface area contributed by atoms with Crippen LogP contribution in [-0.4, -0.2) is 25.0 Å². The van der Waals surface area contributed by atoms with Gasteiger partial charge in [-0.3, -0.25) is 9.59 Å². The molecule has 0 aliphatic carbocycles. The third-order valence-corrected chi connectivity index (χ3v) is 4.05. The minimum Gasteiger partial charge on any atom is -0.494 e. The van der Waals surface area contributed by atoms with Crippen LogP contribution in [0.5, 0.6) is 5.75 Å². The molecule has 0 bridgehead atoms. The van der Waals surface area contributed by atoms with Crippen molar-refractivity contribution in [2.24, 2.45) is 5.41 Å². The second-order valence-corrected chi connectivity index (χ2v) is 7.35. The summed E-state index contributed by atoms with van der Waals surface area (Å²) in [6, 6.07) is 17.1. The molecule has 2 aromatic carbocycles. The first kappa shape index (κ1) is 20.5. The molecule has 27 heavy (non-hydrogen) atoms. The Morgan fingerprint density at radius 1 is 0.963 bits per heavy atom. The fourth-order valence-corrected chi connectivity index (χ4v) is 2.57. The summed E-state index contributed by atoms with van der Waals surface area (Å²) in [6.45, 7) is 7.92. The molecule has 0 fully saturated rings. The van der Waals surface area contributed by atoms with Gasteiger partial charge in [0.1, 0.15) is 5.75 Å². The van der Waals surface area contributed by atoms with Crippen LogP contribution in [0.2, 0.25) is 0 Å². The van der Waals surface area contributed by atoms with Crippen molar-refractivity contribution < 1.29 is 14.3 Å². The van der Waals surface area contributed by atoms with Gasteiger partial charge in [-0.25, -0.2) is 0 Å². The van der Waals surface area contributed by atoms with Crippen molar-refractivity contribution in [3.63, 3.8) is 0 Å². The lowest BCUT2D eigenvalue weighted by molar-refractivity contribution is -0.131. The highest BCUT2D eigenvalue weighted by Crippen LogP contribution is 2.24. The Morgan fingerprint density at radius 3 is 2.11 bits per heavy atom. The average Bonchev–Trinajstić information content (AvgIpc) is 2.65. The highest BCUT2D eigenvalue weighted by molar-refractivity contribution is 5.87. The molecule has 0 aliphatic heterocycles. The molecular formula is C22H28N2O3. The molecule has 0 aliphatic rings. The smallest absolute Gasteiger partial charge is 0.240 e. The van der Waals surface area contributed by atoms with Gasteiger partial charge < -0.3 is 15.4 Å². The molecule has 0 saturated heterocycles. The molecule has 2 rings (SSSR count). The van der Waals surface area contributed by atoms with Gasteiger partial charge in [0.2, 0.25) is 11.8 Å². The standard InChI is InChI=1S/C22H28N2O3/c1-5-27-18-13-11-17(12-14-18)20(16-9-7-6-8-10-16)24-19(25)15-23-21(26)22(2,3)4/h6-14,20H,5,15H2,1-4H3,(H,23,26)(H,24,25). The van der Waals surface area contributed by atoms with Crippen LogP contribution in [0.15, 0.2) is 54.6 Å². The lowest BCUT2D eigenvalue weighted by atomic mass is 9.96. The number of nitrogens with one attached hydrogen (secondary N) is 2. The minimum atomic E-state index is -0.534. The minimum absolute atomic E-state index is 0.0591. The zero-order chi connectivity index (χ0) is 19.9. The number of ether oxygens (including phenoxy) is 1. The van der Waals surface area contributed by atoms with E-state index in [1.165, 1.54) is 0 Å². The van der Waals surface area contributed by atoms with Gasteiger partial charge >= 0.3 is 0 Å². The van der Waals surface area contributed by atoms with E-state index in [0.29, 0.717) is 6.61 Å². The zero-order valence-corrected chi connectivity index (χ0v) is 16.4. The van der Waals surface area contributed by atoms with Crippen molar-refractivity contribution in [2.45, 2.75) is 33.7 Å². The van der Waals surface area contributed by atoms with Crippen LogP contribution in [0.4, 0.5) is 0 Å². The Hall–Kier alpha value is -2.82. The summed E-state index contributed by atoms with van der Waals surface area (Å²) in [7, 11) is 0. The number of benzene rings is 2. The highest BCUT2D eigenvalue weighted by atomic mass is 16.5. The van der Waals surface area contributed by atoms with Gasteiger partial charge in [0.05, 0.1) is 19.2 Å². The van der Waals surface area contributed by atoms with Crippen LogP contribution in [0.3, 0.4) is 0 Å². The number of hydrogen-bond donors (Lipinski definition) is 2. The molecule has 0 saturated carbocycles. The zero-order valence-electron chi connectivity index (χ0n) is 16.4. The number of hydrogen-bond acceptors (Lipinski definition) is 3. The predicted octanol–water partition coefficient (Wildman–Crippen LogP) is 3.45. The summed E-state index contributed by atoms with van der Waals surface area (Å²) in [4.78, 5) is 24.4. The Bertz CT molecular complexity index is 749. The van der Waals surface area contributed by atoms with E-state index in [4.69, 9.17) is 4.74 Å². The van der Waals surface area contributed by atoms with Crippen LogP contribution in [0.25, 0.3) is 0 Å². The average molecular weight is 368 g/mol. The van der Waals surface area contributed by atoms with Crippen LogP contribution in [-0.2, 0) is 9.59 Å². The van der Waals surface area contributed by atoms with E-state index in [1.807, 2.05) is 82.3 Å². The lowest BCUT2D eigenvalue weighted by Crippen LogP contribution is -2.42. The Morgan fingerprint density at radius 2 is 1.56 bits per heavy atom. The summed E-state index contributed by atoms with van der Waals surface area (Å²) in [5, 5.41) is 5.70. The monoisotopic (exact) mass is 368 g/mol. The first-order valence-corrected chi connectivity index (χ1v) is 9.16. The van der Waals surface area contributed by atoms with E-state index >= 15 is 0 Å². The van der Waals surface area contributed by atoms with Gasteiger partial charge in [-0.2, -0.15) is 0 Å². The topological polar surface area (TPSA) is 67.4 Å². The van der Waals surface area contributed by atoms with Crippen LogP contribution < -0.4 is 15.4 Å². The molecule has 2 N–H and O–H groups in total. The van der Waals surface area contributed by atoms with Crippen molar-refractivity contribution in [2.75, 3.05) is 13.2 Å². The van der Waals surface area contributed by atoms with E-state index in [1.54, 1.807) is 0 Å². The molecule has 0 spiro atoms. The number of amides is 2. The molecular weight excluding hydrogens is 340 g/mol. The summed E-state index contributed by atoms with van der Waals surface area (Å²) in [5.74, 6) is 0.391. The lowest BCUT2D eigenvalue weighted by Gasteiger charge is -2.22. The molecule has 0 radical (unpaired) electrons. The second-order valence-electron chi connectivity index (χ2n) is 7.35. The molecule has 0 aromatic heterocycles. The van der Waals surface area contributed by atoms with Crippen molar-refractivity contribution in [3.8, 4) is 5.75 Å². The molecule has 1 unspecified atom stereocenters. The number of carbonyl (C=O) groups excluding carboxylic acids is 2. The first-order valence-electron chi connectivity index (χ1n) is 9.16. The van der Waals surface area contributed by atoms with Crippen LogP contribution in [0, 0.1) is 5.41 Å². The Balaban J connectivity index is 2.14. The normalized spacial score (nSPS) is 12.1. The maximum absolute atomic E-state index is 12.5. The fourth-order valence-electron chi connectivity index (χ4n) is 2.57. The van der Waals surface area contributed by atoms with Crippen molar-refractivity contribution in [1.29, 1.82) is 0 Å². The van der Waals surface area contributed by atoms with Gasteiger partial charge in [-0.05, 0) is 30.2 Å². The van der Waals surface area contributed by atoms with Gasteiger partial charge in [-0.15, -0.1) is 0 Å². The number of rotatable bonds is 7. The van der Waals surface area contributed by atoms with Crippen LogP contribution >= 0.6 is 0 Å². The molecule has 1 atom stereocenters. The molecule has 5 heteroatoms. The fraction of sp³-hybridized carbons (Fsp3) is 0.364. The van der Waals surface area contributed by atoms with Gasteiger partial charge in [0.15, 0.2) is 0 Å². The molecule has 144 valence electrons. The van der Waals surface area contributed by atoms with E-state index in [0.717, 1.165) is 16.9 Å². The molecule has 2 amide bonds. The van der Waals surface area contributed by atoms with E-state index in [2.05, 4.69) is 10.6 Å². The van der Waals surface area contributed by atoms with E-state index < -0.39 is 5.41 Å². The SMILES string of the molecule is CCOc1ccc(C(NC(=O)CNC(=O)C(C)(C)C)c2ccccc2)cc1. The first-order chi connectivity index (χ1) is 12.8. The maximum Gasteiger partial charge on any atom is 0.240 e. The third-order valence-electron chi connectivity index (χ3n) is 4.05. The summed E-state index contributed by atoms with van der Waals surface area (Å²) in [6.07, 6.45) is 0. The quantitative estimate of drug-likeness (QED) is 0.786. The van der Waals surface area contributed by atoms with Crippen LogP contribution in [0.1, 0.15) is 44.9 Å². The second kappa shape index (κ2) is 9.21. The number of carbonyl (C=O) groups is 2. The molecule has 0 heterocycles. The third kappa shape index (κ3) is 6.13. The van der Waals surface area contributed by atoms with Crippen molar-refractivity contribution in [3.05, 3.63) is 65.7 Å².